The second-order valence-corrected chi connectivity index (χ2v) is 8.87. The van der Waals surface area contributed by atoms with E-state index in [1.807, 2.05) is 45.0 Å². The number of methoxy groups -OCH3 is 1. The highest BCUT2D eigenvalue weighted by molar-refractivity contribution is 6.46. The molecule has 1 aliphatic rings. The summed E-state index contributed by atoms with van der Waals surface area (Å²) in [7, 11) is 1.56. The third-order valence-electron chi connectivity index (χ3n) is 6.28. The lowest BCUT2D eigenvalue weighted by molar-refractivity contribution is -0.140. The quantitative estimate of drug-likeness (QED) is 0.266. The second kappa shape index (κ2) is 10.6. The highest BCUT2D eigenvalue weighted by Gasteiger charge is 2.46. The predicted molar refractivity (Wildman–Crippen MR) is 137 cm³/mol. The summed E-state index contributed by atoms with van der Waals surface area (Å²) < 4.78 is 11.2. The van der Waals surface area contributed by atoms with Gasteiger partial charge in [0.25, 0.3) is 11.7 Å². The number of hydrogen-bond acceptors (Lipinski definition) is 6. The van der Waals surface area contributed by atoms with Crippen molar-refractivity contribution < 1.29 is 24.2 Å². The average Bonchev–Trinajstić information content (AvgIpc) is 3.14. The van der Waals surface area contributed by atoms with Gasteiger partial charge in [-0.2, -0.15) is 0 Å². The lowest BCUT2D eigenvalue weighted by Crippen LogP contribution is -2.29. The van der Waals surface area contributed by atoms with Crippen molar-refractivity contribution in [2.75, 3.05) is 13.7 Å². The molecule has 1 unspecified atom stereocenters. The molecule has 1 amide bonds. The van der Waals surface area contributed by atoms with Gasteiger partial charge in [0.05, 0.1) is 31.9 Å². The Bertz CT molecular complexity index is 1300. The lowest BCUT2D eigenvalue weighted by Gasteiger charge is -2.26. The first-order chi connectivity index (χ1) is 17.4. The van der Waals surface area contributed by atoms with Gasteiger partial charge in [-0.05, 0) is 54.3 Å². The molecular formula is C29H30N2O5. The zero-order chi connectivity index (χ0) is 25.8. The van der Waals surface area contributed by atoms with Crippen LogP contribution in [0.2, 0.25) is 0 Å². The molecule has 0 bridgehead atoms. The largest absolute Gasteiger partial charge is 0.507 e. The molecule has 1 N–H and O–H groups in total. The molecule has 1 aliphatic heterocycles. The molecule has 186 valence electrons. The van der Waals surface area contributed by atoms with Gasteiger partial charge >= 0.3 is 0 Å². The Labute approximate surface area is 211 Å². The molecule has 1 atom stereocenters. The Balaban J connectivity index is 1.86. The number of aliphatic hydroxyl groups is 1. The fourth-order valence-electron chi connectivity index (χ4n) is 4.53. The molecular weight excluding hydrogens is 456 g/mol. The van der Waals surface area contributed by atoms with E-state index in [9.17, 15) is 14.7 Å². The van der Waals surface area contributed by atoms with Crippen molar-refractivity contribution in [1.82, 2.24) is 9.88 Å². The molecule has 0 saturated carbocycles. The van der Waals surface area contributed by atoms with Gasteiger partial charge in [0.1, 0.15) is 17.3 Å². The van der Waals surface area contributed by atoms with Crippen LogP contribution in [0, 0.1) is 0 Å². The van der Waals surface area contributed by atoms with E-state index in [2.05, 4.69) is 4.98 Å². The lowest BCUT2D eigenvalue weighted by atomic mass is 9.93. The van der Waals surface area contributed by atoms with Gasteiger partial charge < -0.3 is 19.5 Å². The first-order valence-electron chi connectivity index (χ1n) is 11.9. The number of likely N-dealkylation sites (tertiary alicyclic amines) is 1. The number of carbonyl (C=O) groups is 2. The molecule has 0 aliphatic carbocycles. The summed E-state index contributed by atoms with van der Waals surface area (Å²) in [6, 6.07) is 15.4. The molecule has 0 spiro atoms. The molecule has 2 aromatic carbocycles. The Hall–Kier alpha value is -4.13. The van der Waals surface area contributed by atoms with Gasteiger partial charge in [0.15, 0.2) is 0 Å². The molecule has 1 saturated heterocycles. The molecule has 3 aromatic rings. The Kier molecular flexibility index (Phi) is 7.38. The van der Waals surface area contributed by atoms with Crippen LogP contribution in [-0.4, -0.2) is 40.4 Å². The summed E-state index contributed by atoms with van der Waals surface area (Å²) in [5.74, 6) is -0.194. The number of rotatable bonds is 8. The molecule has 0 radical (unpaired) electrons. The van der Waals surface area contributed by atoms with Crippen LogP contribution in [0.1, 0.15) is 55.0 Å². The number of nitrogens with zero attached hydrogens (tertiary/aromatic N) is 2. The normalized spacial score (nSPS) is 17.0. The van der Waals surface area contributed by atoms with Crippen LogP contribution >= 0.6 is 0 Å². The van der Waals surface area contributed by atoms with E-state index >= 15 is 0 Å². The van der Waals surface area contributed by atoms with Crippen molar-refractivity contribution >= 4 is 17.4 Å². The van der Waals surface area contributed by atoms with Gasteiger partial charge in [-0.25, -0.2) is 0 Å². The van der Waals surface area contributed by atoms with Crippen molar-refractivity contribution in [2.45, 2.75) is 39.3 Å². The zero-order valence-corrected chi connectivity index (χ0v) is 20.9. The number of ether oxygens (including phenoxy) is 2. The maximum absolute atomic E-state index is 13.4. The van der Waals surface area contributed by atoms with Crippen LogP contribution in [0.5, 0.6) is 11.5 Å². The fourth-order valence-corrected chi connectivity index (χ4v) is 4.53. The highest BCUT2D eigenvalue weighted by atomic mass is 16.5. The van der Waals surface area contributed by atoms with Crippen LogP contribution in [0.4, 0.5) is 0 Å². The number of Topliss-reactive ketones (excluding diaryl/α,β-unsaturated/α-hetero) is 1. The van der Waals surface area contributed by atoms with Gasteiger partial charge in [-0.15, -0.1) is 0 Å². The number of carbonyl (C=O) groups excluding carboxylic acids is 2. The average molecular weight is 487 g/mol. The first-order valence-corrected chi connectivity index (χ1v) is 11.9. The molecule has 1 aromatic heterocycles. The summed E-state index contributed by atoms with van der Waals surface area (Å²) >= 11 is 0. The van der Waals surface area contributed by atoms with Gasteiger partial charge in [0.2, 0.25) is 0 Å². The number of pyridine rings is 1. The molecule has 36 heavy (non-hydrogen) atoms. The van der Waals surface area contributed by atoms with Crippen molar-refractivity contribution in [3.8, 4) is 11.5 Å². The smallest absolute Gasteiger partial charge is 0.295 e. The van der Waals surface area contributed by atoms with E-state index in [1.165, 1.54) is 4.90 Å². The van der Waals surface area contributed by atoms with E-state index in [0.29, 0.717) is 23.5 Å². The maximum atomic E-state index is 13.4. The van der Waals surface area contributed by atoms with E-state index in [-0.39, 0.29) is 23.8 Å². The van der Waals surface area contributed by atoms with E-state index in [0.717, 1.165) is 16.9 Å². The van der Waals surface area contributed by atoms with E-state index in [4.69, 9.17) is 9.47 Å². The Morgan fingerprint density at radius 3 is 2.53 bits per heavy atom. The minimum Gasteiger partial charge on any atom is -0.507 e. The van der Waals surface area contributed by atoms with E-state index < -0.39 is 17.7 Å². The van der Waals surface area contributed by atoms with Crippen molar-refractivity contribution in [1.29, 1.82) is 0 Å². The van der Waals surface area contributed by atoms with Crippen LogP contribution in [0.3, 0.4) is 0 Å². The van der Waals surface area contributed by atoms with Gasteiger partial charge in [0, 0.05) is 23.5 Å². The van der Waals surface area contributed by atoms with Crippen LogP contribution < -0.4 is 9.47 Å². The van der Waals surface area contributed by atoms with Crippen molar-refractivity contribution in [3.63, 3.8) is 0 Å². The Morgan fingerprint density at radius 1 is 1.08 bits per heavy atom. The minimum absolute atomic E-state index is 0.0294. The maximum Gasteiger partial charge on any atom is 0.295 e. The number of benzene rings is 2. The highest BCUT2D eigenvalue weighted by Crippen LogP contribution is 2.41. The second-order valence-electron chi connectivity index (χ2n) is 8.87. The molecule has 7 heteroatoms. The van der Waals surface area contributed by atoms with Crippen LogP contribution in [-0.2, 0) is 16.1 Å². The standard InChI is InChI=1S/C29H30N2O5/c1-5-36-24-13-12-19(15-22(24)18(2)3)27(32)25-26(20-10-8-14-30-16-20)31(29(34)28(25)33)17-21-9-6-7-11-23(21)35-4/h6-16,18,26,32H,5,17H2,1-4H3/b27-25-. The number of aliphatic hydroxyl groups excluding tert-OH is 1. The van der Waals surface area contributed by atoms with Crippen molar-refractivity contribution in [2.24, 2.45) is 0 Å². The summed E-state index contributed by atoms with van der Waals surface area (Å²) in [6.07, 6.45) is 3.23. The SMILES string of the molecule is CCOc1ccc(/C(O)=C2/C(=O)C(=O)N(Cc3ccccc3OC)C2c2cccnc2)cc1C(C)C. The van der Waals surface area contributed by atoms with Gasteiger partial charge in [-0.1, -0.05) is 38.1 Å². The summed E-state index contributed by atoms with van der Waals surface area (Å²) in [4.78, 5) is 32.3. The van der Waals surface area contributed by atoms with Crippen molar-refractivity contribution in [3.05, 3.63) is 94.8 Å². The first kappa shape index (κ1) is 25.0. The molecule has 1 fully saturated rings. The number of amides is 1. The monoisotopic (exact) mass is 486 g/mol. The molecule has 2 heterocycles. The number of ketones is 1. The molecule has 7 nitrogen and oxygen atoms in total. The predicted octanol–water partition coefficient (Wildman–Crippen LogP) is 5.23. The topological polar surface area (TPSA) is 89.0 Å². The molecule has 4 rings (SSSR count). The number of hydrogen-bond donors (Lipinski definition) is 1. The third-order valence-corrected chi connectivity index (χ3v) is 6.28. The van der Waals surface area contributed by atoms with Crippen LogP contribution in [0.25, 0.3) is 5.76 Å². The fraction of sp³-hybridized carbons (Fsp3) is 0.276. The number of para-hydroxylation sites is 1. The van der Waals surface area contributed by atoms with E-state index in [1.54, 1.807) is 49.8 Å². The summed E-state index contributed by atoms with van der Waals surface area (Å²) in [5, 5.41) is 11.4. The zero-order valence-electron chi connectivity index (χ0n) is 20.9. The summed E-state index contributed by atoms with van der Waals surface area (Å²) in [6.45, 7) is 6.62. The Morgan fingerprint density at radius 2 is 1.86 bits per heavy atom. The van der Waals surface area contributed by atoms with Gasteiger partial charge in [-0.3, -0.25) is 14.6 Å². The minimum atomic E-state index is -0.808. The third kappa shape index (κ3) is 4.69. The van der Waals surface area contributed by atoms with Crippen LogP contribution in [0.15, 0.2) is 72.6 Å². The number of aromatic nitrogens is 1. The summed E-state index contributed by atoms with van der Waals surface area (Å²) in [5.41, 5.74) is 2.76.